The molecular weight excluding hydrogens is 260 g/mol. The van der Waals surface area contributed by atoms with Crippen molar-refractivity contribution in [1.29, 1.82) is 0 Å². The van der Waals surface area contributed by atoms with Crippen LogP contribution in [0.4, 0.5) is 4.79 Å². The van der Waals surface area contributed by atoms with Crippen LogP contribution in [0.2, 0.25) is 0 Å². The number of urea groups is 1. The molecule has 0 aromatic heterocycles. The van der Waals surface area contributed by atoms with Gasteiger partial charge < -0.3 is 20.5 Å². The second-order valence-corrected chi connectivity index (χ2v) is 6.56. The molecule has 0 saturated carbocycles. The van der Waals surface area contributed by atoms with E-state index >= 15 is 0 Å². The largest absolute Gasteiger partial charge is 0.481 e. The van der Waals surface area contributed by atoms with Crippen LogP contribution < -0.4 is 10.6 Å². The van der Waals surface area contributed by atoms with Gasteiger partial charge in [0.15, 0.2) is 0 Å². The molecule has 0 fully saturated rings. The average Bonchev–Trinajstić information content (AvgIpc) is 2.25. The van der Waals surface area contributed by atoms with Crippen LogP contribution in [0.15, 0.2) is 0 Å². The molecule has 118 valence electrons. The summed E-state index contributed by atoms with van der Waals surface area (Å²) in [5.74, 6) is -0.961. The molecule has 0 bridgehead atoms. The SMILES string of the molecule is CCOC(C)(C)CNC(=O)NC(C)(C)C(C)(C)C(=O)O. The van der Waals surface area contributed by atoms with E-state index in [1.54, 1.807) is 27.7 Å². The number of nitrogens with one attached hydrogen (secondary N) is 2. The molecule has 6 nitrogen and oxygen atoms in total. The van der Waals surface area contributed by atoms with Crippen molar-refractivity contribution in [3.63, 3.8) is 0 Å². The Hall–Kier alpha value is -1.30. The molecule has 0 aromatic rings. The lowest BCUT2D eigenvalue weighted by Gasteiger charge is -2.39. The van der Waals surface area contributed by atoms with Crippen molar-refractivity contribution in [2.24, 2.45) is 5.41 Å². The molecule has 0 aromatic carbocycles. The van der Waals surface area contributed by atoms with E-state index in [-0.39, 0.29) is 0 Å². The quantitative estimate of drug-likeness (QED) is 0.668. The van der Waals surface area contributed by atoms with Gasteiger partial charge in [-0.3, -0.25) is 4.79 Å². The second kappa shape index (κ2) is 6.43. The maximum atomic E-state index is 11.9. The van der Waals surface area contributed by atoms with Gasteiger partial charge in [-0.25, -0.2) is 4.79 Å². The molecule has 0 radical (unpaired) electrons. The van der Waals surface area contributed by atoms with Gasteiger partial charge in [0.25, 0.3) is 0 Å². The van der Waals surface area contributed by atoms with Crippen LogP contribution in [0.5, 0.6) is 0 Å². The lowest BCUT2D eigenvalue weighted by Crippen LogP contribution is -2.59. The summed E-state index contributed by atoms with van der Waals surface area (Å²) >= 11 is 0. The normalized spacial score (nSPS) is 12.9. The van der Waals surface area contributed by atoms with Crippen molar-refractivity contribution in [1.82, 2.24) is 10.6 Å². The lowest BCUT2D eigenvalue weighted by atomic mass is 9.74. The lowest BCUT2D eigenvalue weighted by molar-refractivity contribution is -0.150. The summed E-state index contributed by atoms with van der Waals surface area (Å²) in [6.45, 7) is 13.1. The summed E-state index contributed by atoms with van der Waals surface area (Å²) in [6.07, 6.45) is 0. The second-order valence-electron chi connectivity index (χ2n) is 6.56. The van der Waals surface area contributed by atoms with Crippen molar-refractivity contribution < 1.29 is 19.4 Å². The van der Waals surface area contributed by atoms with Crippen LogP contribution >= 0.6 is 0 Å². The fourth-order valence-electron chi connectivity index (χ4n) is 1.49. The number of carboxylic acid groups (broad SMARTS) is 1. The van der Waals surface area contributed by atoms with E-state index in [1.807, 2.05) is 20.8 Å². The molecule has 6 heteroatoms. The topological polar surface area (TPSA) is 87.7 Å². The molecule has 20 heavy (non-hydrogen) atoms. The Balaban J connectivity index is 4.58. The van der Waals surface area contributed by atoms with Gasteiger partial charge in [0.2, 0.25) is 0 Å². The predicted molar refractivity (Wildman–Crippen MR) is 77.7 cm³/mol. The number of ether oxygens (including phenoxy) is 1. The average molecular weight is 288 g/mol. The Morgan fingerprint density at radius 2 is 1.60 bits per heavy atom. The number of rotatable bonds is 7. The summed E-state index contributed by atoms with van der Waals surface area (Å²) in [6, 6.07) is -0.405. The zero-order chi connectivity index (χ0) is 16.2. The number of hydrogen-bond donors (Lipinski definition) is 3. The van der Waals surface area contributed by atoms with E-state index in [2.05, 4.69) is 10.6 Å². The van der Waals surface area contributed by atoms with E-state index in [4.69, 9.17) is 4.74 Å². The van der Waals surface area contributed by atoms with Crippen LogP contribution in [-0.2, 0) is 9.53 Å². The Morgan fingerprint density at radius 1 is 1.10 bits per heavy atom. The molecule has 0 aliphatic rings. The monoisotopic (exact) mass is 288 g/mol. The summed E-state index contributed by atoms with van der Waals surface area (Å²) in [4.78, 5) is 23.2. The zero-order valence-electron chi connectivity index (χ0n) is 13.6. The first-order valence-corrected chi connectivity index (χ1v) is 6.79. The smallest absolute Gasteiger partial charge is 0.315 e. The van der Waals surface area contributed by atoms with E-state index < -0.39 is 28.6 Å². The molecular formula is C14H28N2O4. The highest BCUT2D eigenvalue weighted by atomic mass is 16.5. The number of carboxylic acids is 1. The van der Waals surface area contributed by atoms with Crippen molar-refractivity contribution in [3.8, 4) is 0 Å². The fourth-order valence-corrected chi connectivity index (χ4v) is 1.49. The molecule has 2 amide bonds. The summed E-state index contributed by atoms with van der Waals surface area (Å²) in [5.41, 5.74) is -2.43. The van der Waals surface area contributed by atoms with Crippen LogP contribution in [0.25, 0.3) is 0 Å². The van der Waals surface area contributed by atoms with Crippen LogP contribution in [0.3, 0.4) is 0 Å². The molecule has 0 spiro atoms. The summed E-state index contributed by atoms with van der Waals surface area (Å²) in [5, 5.41) is 14.6. The molecule has 0 unspecified atom stereocenters. The zero-order valence-corrected chi connectivity index (χ0v) is 13.6. The highest BCUT2D eigenvalue weighted by Gasteiger charge is 2.44. The molecule has 0 saturated heterocycles. The van der Waals surface area contributed by atoms with Crippen molar-refractivity contribution in [2.75, 3.05) is 13.2 Å². The molecule has 0 rings (SSSR count). The molecule has 0 aliphatic heterocycles. The number of carbonyl (C=O) groups excluding carboxylic acids is 1. The highest BCUT2D eigenvalue weighted by Crippen LogP contribution is 2.30. The maximum absolute atomic E-state index is 11.9. The third-order valence-corrected chi connectivity index (χ3v) is 3.73. The first-order chi connectivity index (χ1) is 8.85. The molecule has 0 heterocycles. The van der Waals surface area contributed by atoms with E-state index in [1.165, 1.54) is 0 Å². The minimum Gasteiger partial charge on any atom is -0.481 e. The van der Waals surface area contributed by atoms with E-state index in [9.17, 15) is 14.7 Å². The van der Waals surface area contributed by atoms with Gasteiger partial charge in [0.1, 0.15) is 0 Å². The standard InChI is InChI=1S/C14H28N2O4/c1-8-20-12(2,3)9-15-11(19)16-14(6,7)13(4,5)10(17)18/h8-9H2,1-7H3,(H,17,18)(H2,15,16,19). The third kappa shape index (κ3) is 5.00. The minimum atomic E-state index is -1.08. The van der Waals surface area contributed by atoms with E-state index in [0.29, 0.717) is 13.2 Å². The van der Waals surface area contributed by atoms with Gasteiger partial charge in [-0.05, 0) is 48.5 Å². The van der Waals surface area contributed by atoms with Crippen molar-refractivity contribution in [2.45, 2.75) is 59.6 Å². The first-order valence-electron chi connectivity index (χ1n) is 6.79. The van der Waals surface area contributed by atoms with Gasteiger partial charge >= 0.3 is 12.0 Å². The third-order valence-electron chi connectivity index (χ3n) is 3.73. The Kier molecular flexibility index (Phi) is 6.02. The Bertz CT molecular complexity index is 362. The number of hydrogen-bond acceptors (Lipinski definition) is 3. The number of aliphatic carboxylic acids is 1. The Morgan fingerprint density at radius 3 is 2.00 bits per heavy atom. The van der Waals surface area contributed by atoms with Gasteiger partial charge in [-0.1, -0.05) is 0 Å². The van der Waals surface area contributed by atoms with Gasteiger partial charge in [-0.15, -0.1) is 0 Å². The number of carbonyl (C=O) groups is 2. The molecule has 3 N–H and O–H groups in total. The fraction of sp³-hybridized carbons (Fsp3) is 0.857. The first kappa shape index (κ1) is 18.7. The van der Waals surface area contributed by atoms with Gasteiger partial charge in [0.05, 0.1) is 16.6 Å². The minimum absolute atomic E-state index is 0.344. The molecule has 0 atom stereocenters. The highest BCUT2D eigenvalue weighted by molar-refractivity contribution is 5.79. The van der Waals surface area contributed by atoms with Gasteiger partial charge in [0, 0.05) is 13.2 Å². The molecule has 0 aliphatic carbocycles. The van der Waals surface area contributed by atoms with Crippen LogP contribution in [0.1, 0.15) is 48.5 Å². The number of amides is 2. The van der Waals surface area contributed by atoms with Crippen LogP contribution in [0, 0.1) is 5.41 Å². The predicted octanol–water partition coefficient (Wildman–Crippen LogP) is 1.99. The van der Waals surface area contributed by atoms with Crippen molar-refractivity contribution in [3.05, 3.63) is 0 Å². The van der Waals surface area contributed by atoms with Gasteiger partial charge in [-0.2, -0.15) is 0 Å². The summed E-state index contributed by atoms with van der Waals surface area (Å²) < 4.78 is 5.48. The Labute approximate surface area is 121 Å². The van der Waals surface area contributed by atoms with Crippen molar-refractivity contribution >= 4 is 12.0 Å². The summed E-state index contributed by atoms with van der Waals surface area (Å²) in [7, 11) is 0. The van der Waals surface area contributed by atoms with Crippen LogP contribution in [-0.4, -0.2) is 41.4 Å². The van der Waals surface area contributed by atoms with E-state index in [0.717, 1.165) is 0 Å². The maximum Gasteiger partial charge on any atom is 0.315 e.